The van der Waals surface area contributed by atoms with E-state index in [1.54, 1.807) is 0 Å². The maximum atomic E-state index is 6.66. The molecule has 0 fully saturated rings. The highest BCUT2D eigenvalue weighted by atomic mass is 32.1. The molecule has 0 heterocycles. The second-order valence-corrected chi connectivity index (χ2v) is 10.2. The Balaban J connectivity index is 2.00. The predicted octanol–water partition coefficient (Wildman–Crippen LogP) is 8.79. The van der Waals surface area contributed by atoms with Gasteiger partial charge in [0.1, 0.15) is 5.75 Å². The van der Waals surface area contributed by atoms with E-state index in [-0.39, 0.29) is 0 Å². The Kier molecular flexibility index (Phi) is 6.27. The summed E-state index contributed by atoms with van der Waals surface area (Å²) in [6.07, 6.45) is 0. The number of hydrogen-bond acceptors (Lipinski definition) is 2. The average Bonchev–Trinajstić information content (AvgIpc) is 2.84. The van der Waals surface area contributed by atoms with E-state index in [0.717, 1.165) is 22.3 Å². The van der Waals surface area contributed by atoms with Crippen molar-refractivity contribution in [2.75, 3.05) is 14.1 Å². The predicted molar refractivity (Wildman–Crippen MR) is 158 cm³/mol. The molecule has 0 amide bonds. The van der Waals surface area contributed by atoms with Gasteiger partial charge in [-0.05, 0) is 95.3 Å². The van der Waals surface area contributed by atoms with Gasteiger partial charge >= 0.3 is 0 Å². The topological polar surface area (TPSA) is 12.5 Å². The highest BCUT2D eigenvalue weighted by Gasteiger charge is 2.24. The third kappa shape index (κ3) is 4.14. The molecule has 36 heavy (non-hydrogen) atoms. The SMILES string of the molecule is Cc1cc(C)c(-c2cc3ccccc3c(-c3c(C)ccc4ccccc34)c2OC(=S)N(C)C)c(C)c1. The molecule has 0 spiro atoms. The fraction of sp³-hybridized carbons (Fsp3) is 0.182. The van der Waals surface area contributed by atoms with Crippen molar-refractivity contribution in [3.63, 3.8) is 0 Å². The van der Waals surface area contributed by atoms with E-state index in [1.807, 2.05) is 19.0 Å². The van der Waals surface area contributed by atoms with E-state index in [2.05, 4.69) is 107 Å². The van der Waals surface area contributed by atoms with E-state index in [9.17, 15) is 0 Å². The van der Waals surface area contributed by atoms with E-state index in [4.69, 9.17) is 17.0 Å². The lowest BCUT2D eigenvalue weighted by Crippen LogP contribution is -2.25. The second-order valence-electron chi connectivity index (χ2n) is 9.86. The van der Waals surface area contributed by atoms with Crippen LogP contribution in [0.4, 0.5) is 0 Å². The Labute approximate surface area is 219 Å². The van der Waals surface area contributed by atoms with E-state index in [1.165, 1.54) is 49.5 Å². The zero-order valence-electron chi connectivity index (χ0n) is 21.8. The van der Waals surface area contributed by atoms with Crippen molar-refractivity contribution < 1.29 is 4.74 Å². The van der Waals surface area contributed by atoms with Gasteiger partial charge in [0.2, 0.25) is 0 Å². The summed E-state index contributed by atoms with van der Waals surface area (Å²) in [5.74, 6) is 0.807. The molecule has 0 bridgehead atoms. The van der Waals surface area contributed by atoms with Crippen molar-refractivity contribution in [3.05, 3.63) is 101 Å². The van der Waals surface area contributed by atoms with Gasteiger partial charge in [0, 0.05) is 25.2 Å². The molecule has 0 N–H and O–H groups in total. The first-order valence-electron chi connectivity index (χ1n) is 12.3. The van der Waals surface area contributed by atoms with E-state index in [0.29, 0.717) is 5.17 Å². The summed E-state index contributed by atoms with van der Waals surface area (Å²) in [5.41, 5.74) is 9.44. The quantitative estimate of drug-likeness (QED) is 0.235. The van der Waals surface area contributed by atoms with Crippen molar-refractivity contribution >= 4 is 38.9 Å². The molecule has 0 atom stereocenters. The molecule has 5 aromatic rings. The summed E-state index contributed by atoms with van der Waals surface area (Å²) in [5, 5.41) is 5.18. The third-order valence-electron chi connectivity index (χ3n) is 6.89. The van der Waals surface area contributed by atoms with Gasteiger partial charge in [-0.3, -0.25) is 0 Å². The number of thiocarbonyl (C=S) groups is 1. The molecular formula is C33H31NOS. The van der Waals surface area contributed by atoms with Crippen LogP contribution >= 0.6 is 12.2 Å². The average molecular weight is 490 g/mol. The molecule has 0 aliphatic carbocycles. The largest absolute Gasteiger partial charge is 0.430 e. The maximum absolute atomic E-state index is 6.66. The first-order chi connectivity index (χ1) is 17.3. The first-order valence-corrected chi connectivity index (χ1v) is 12.7. The number of fused-ring (bicyclic) bond motifs is 2. The van der Waals surface area contributed by atoms with Gasteiger partial charge in [-0.1, -0.05) is 78.4 Å². The minimum absolute atomic E-state index is 0.438. The first kappa shape index (κ1) is 24.0. The van der Waals surface area contributed by atoms with Gasteiger partial charge < -0.3 is 9.64 Å². The lowest BCUT2D eigenvalue weighted by molar-refractivity contribution is 0.452. The van der Waals surface area contributed by atoms with Crippen LogP contribution in [0.25, 0.3) is 43.8 Å². The monoisotopic (exact) mass is 489 g/mol. The van der Waals surface area contributed by atoms with E-state index >= 15 is 0 Å². The minimum Gasteiger partial charge on any atom is -0.430 e. The van der Waals surface area contributed by atoms with Gasteiger partial charge in [0.25, 0.3) is 5.17 Å². The highest BCUT2D eigenvalue weighted by Crippen LogP contribution is 2.48. The van der Waals surface area contributed by atoms with Crippen LogP contribution in [0.5, 0.6) is 5.75 Å². The van der Waals surface area contributed by atoms with Gasteiger partial charge in [0.15, 0.2) is 0 Å². The fourth-order valence-corrected chi connectivity index (χ4v) is 5.45. The zero-order chi connectivity index (χ0) is 25.6. The molecule has 0 radical (unpaired) electrons. The molecule has 0 saturated heterocycles. The number of nitrogens with zero attached hydrogens (tertiary/aromatic N) is 1. The van der Waals surface area contributed by atoms with Crippen molar-refractivity contribution in [2.45, 2.75) is 27.7 Å². The van der Waals surface area contributed by atoms with E-state index < -0.39 is 0 Å². The van der Waals surface area contributed by atoms with Crippen LogP contribution in [0.3, 0.4) is 0 Å². The van der Waals surface area contributed by atoms with Crippen LogP contribution in [0.2, 0.25) is 0 Å². The van der Waals surface area contributed by atoms with Crippen LogP contribution < -0.4 is 4.74 Å². The molecule has 0 aliphatic heterocycles. The summed E-state index contributed by atoms with van der Waals surface area (Å²) >= 11 is 5.72. The number of aryl methyl sites for hydroxylation is 4. The van der Waals surface area contributed by atoms with Crippen molar-refractivity contribution in [3.8, 4) is 28.0 Å². The minimum atomic E-state index is 0.438. The number of rotatable bonds is 3. The molecular weight excluding hydrogens is 458 g/mol. The Morgan fingerprint density at radius 2 is 1.22 bits per heavy atom. The van der Waals surface area contributed by atoms with Crippen LogP contribution in [0.15, 0.2) is 78.9 Å². The van der Waals surface area contributed by atoms with Crippen molar-refractivity contribution in [2.24, 2.45) is 0 Å². The lowest BCUT2D eigenvalue weighted by atomic mass is 9.85. The Morgan fingerprint density at radius 3 is 1.86 bits per heavy atom. The van der Waals surface area contributed by atoms with Crippen LogP contribution in [-0.2, 0) is 0 Å². The molecule has 180 valence electrons. The summed E-state index contributed by atoms with van der Waals surface area (Å²) in [6.45, 7) is 8.69. The number of ether oxygens (including phenoxy) is 1. The molecule has 3 heteroatoms. The fourth-order valence-electron chi connectivity index (χ4n) is 5.36. The molecule has 2 nitrogen and oxygen atoms in total. The molecule has 5 aromatic carbocycles. The highest BCUT2D eigenvalue weighted by molar-refractivity contribution is 7.80. The molecule has 5 rings (SSSR count). The second kappa shape index (κ2) is 9.40. The van der Waals surface area contributed by atoms with Crippen molar-refractivity contribution in [1.29, 1.82) is 0 Å². The standard InChI is InChI=1S/C33H31NOS/c1-20-17-22(3)29(23(4)18-20)28-19-25-12-8-10-14-27(25)31(32(28)35-33(36)34(5)6)30-21(2)15-16-24-11-7-9-13-26(24)30/h7-19H,1-6H3. The lowest BCUT2D eigenvalue weighted by Gasteiger charge is -2.24. The Bertz CT molecular complexity index is 1620. The molecule has 0 aromatic heterocycles. The van der Waals surface area contributed by atoms with Gasteiger partial charge in [-0.2, -0.15) is 0 Å². The normalized spacial score (nSPS) is 11.2. The van der Waals surface area contributed by atoms with Gasteiger partial charge in [-0.15, -0.1) is 0 Å². The van der Waals surface area contributed by atoms with Gasteiger partial charge in [-0.25, -0.2) is 0 Å². The Hall–Kier alpha value is -3.69. The van der Waals surface area contributed by atoms with Crippen LogP contribution in [-0.4, -0.2) is 24.2 Å². The summed E-state index contributed by atoms with van der Waals surface area (Å²) in [4.78, 5) is 1.85. The van der Waals surface area contributed by atoms with Crippen LogP contribution in [0.1, 0.15) is 22.3 Å². The molecule has 0 aliphatic rings. The van der Waals surface area contributed by atoms with Gasteiger partial charge in [0.05, 0.1) is 0 Å². The smallest absolute Gasteiger partial charge is 0.264 e. The van der Waals surface area contributed by atoms with Crippen molar-refractivity contribution in [1.82, 2.24) is 4.90 Å². The summed E-state index contributed by atoms with van der Waals surface area (Å²) in [6, 6.07) is 28.3. The third-order valence-corrected chi connectivity index (χ3v) is 7.34. The maximum Gasteiger partial charge on any atom is 0.264 e. The molecule has 0 unspecified atom stereocenters. The summed E-state index contributed by atoms with van der Waals surface area (Å²) in [7, 11) is 3.85. The van der Waals surface area contributed by atoms with Crippen LogP contribution in [0, 0.1) is 27.7 Å². The molecule has 0 saturated carbocycles. The Morgan fingerprint density at radius 1 is 0.639 bits per heavy atom. The zero-order valence-corrected chi connectivity index (χ0v) is 22.6. The number of benzene rings is 5. The number of hydrogen-bond donors (Lipinski definition) is 0. The summed E-state index contributed by atoms with van der Waals surface area (Å²) < 4.78 is 6.66.